The average Bonchev–Trinajstić information content (AvgIpc) is 2.76. The largest absolute Gasteiger partial charge is 0.351 e. The molecule has 0 radical (unpaired) electrons. The Kier molecular flexibility index (Phi) is 3.54. The van der Waals surface area contributed by atoms with E-state index < -0.39 is 0 Å². The van der Waals surface area contributed by atoms with Crippen LogP contribution in [0, 0.1) is 24.1 Å². The average molecular weight is 333 g/mol. The van der Waals surface area contributed by atoms with Gasteiger partial charge in [0.2, 0.25) is 0 Å². The Labute approximate surface area is 144 Å². The maximum atomic E-state index is 13.3. The van der Waals surface area contributed by atoms with E-state index in [0.29, 0.717) is 17.8 Å². The fourth-order valence-electron chi connectivity index (χ4n) is 3.61. The van der Waals surface area contributed by atoms with Crippen LogP contribution < -0.4 is 5.32 Å². The summed E-state index contributed by atoms with van der Waals surface area (Å²) in [7, 11) is 0. The lowest BCUT2D eigenvalue weighted by atomic mass is 9.98. The number of amides is 1. The number of halogens is 1. The SMILES string of the molecule is Cc1c2n(c3c(-c4ccc(F)cc4)cc(C#N)cc13)CCCNC2=O. The van der Waals surface area contributed by atoms with Crippen molar-refractivity contribution >= 4 is 16.8 Å². The van der Waals surface area contributed by atoms with Crippen LogP contribution in [0.4, 0.5) is 4.39 Å². The maximum Gasteiger partial charge on any atom is 0.268 e. The second kappa shape index (κ2) is 5.75. The molecule has 0 saturated carbocycles. The van der Waals surface area contributed by atoms with Gasteiger partial charge >= 0.3 is 0 Å². The standard InChI is InChI=1S/C20H16FN3O/c1-12-16-9-13(11-22)10-17(14-3-5-15(21)6-4-14)19(16)24-8-2-7-23-20(25)18(12)24/h3-6,9-10H,2,7-8H2,1H3,(H,23,25). The summed E-state index contributed by atoms with van der Waals surface area (Å²) < 4.78 is 15.4. The molecule has 4 rings (SSSR count). The number of hydrogen-bond acceptors (Lipinski definition) is 2. The van der Waals surface area contributed by atoms with Crippen molar-refractivity contribution in [3.8, 4) is 17.2 Å². The van der Waals surface area contributed by atoms with Gasteiger partial charge < -0.3 is 9.88 Å². The van der Waals surface area contributed by atoms with Gasteiger partial charge in [-0.2, -0.15) is 5.26 Å². The molecule has 0 bridgehead atoms. The lowest BCUT2D eigenvalue weighted by Gasteiger charge is -2.11. The van der Waals surface area contributed by atoms with Crippen LogP contribution >= 0.6 is 0 Å². The highest BCUT2D eigenvalue weighted by molar-refractivity contribution is 6.06. The number of aryl methyl sites for hydroxylation is 2. The highest BCUT2D eigenvalue weighted by Gasteiger charge is 2.24. The molecule has 4 nitrogen and oxygen atoms in total. The van der Waals surface area contributed by atoms with Gasteiger partial charge in [-0.3, -0.25) is 4.79 Å². The highest BCUT2D eigenvalue weighted by atomic mass is 19.1. The molecule has 2 aromatic carbocycles. The molecule has 1 aliphatic rings. The molecule has 5 heteroatoms. The normalized spacial score (nSPS) is 13.9. The quantitative estimate of drug-likeness (QED) is 0.737. The van der Waals surface area contributed by atoms with Crippen LogP contribution in [0.5, 0.6) is 0 Å². The number of nitrogens with zero attached hydrogens (tertiary/aromatic N) is 2. The number of carbonyl (C=O) groups is 1. The van der Waals surface area contributed by atoms with Crippen molar-refractivity contribution in [1.29, 1.82) is 5.26 Å². The number of fused-ring (bicyclic) bond motifs is 3. The Bertz CT molecular complexity index is 1040. The summed E-state index contributed by atoms with van der Waals surface area (Å²) in [6.45, 7) is 3.27. The topological polar surface area (TPSA) is 57.8 Å². The van der Waals surface area contributed by atoms with E-state index in [4.69, 9.17) is 0 Å². The second-order valence-electron chi connectivity index (χ2n) is 6.27. The first-order valence-corrected chi connectivity index (χ1v) is 8.21. The van der Waals surface area contributed by atoms with E-state index in [1.54, 1.807) is 12.1 Å². The zero-order valence-electron chi connectivity index (χ0n) is 13.8. The third kappa shape index (κ3) is 2.38. The van der Waals surface area contributed by atoms with Crippen molar-refractivity contribution in [3.63, 3.8) is 0 Å². The van der Waals surface area contributed by atoms with Gasteiger partial charge in [-0.05, 0) is 48.7 Å². The van der Waals surface area contributed by atoms with Crippen molar-refractivity contribution < 1.29 is 9.18 Å². The van der Waals surface area contributed by atoms with E-state index in [-0.39, 0.29) is 11.7 Å². The van der Waals surface area contributed by atoms with Crippen molar-refractivity contribution in [3.05, 3.63) is 59.0 Å². The van der Waals surface area contributed by atoms with Crippen LogP contribution in [-0.4, -0.2) is 17.0 Å². The summed E-state index contributed by atoms with van der Waals surface area (Å²) in [6, 6.07) is 12.1. The molecule has 124 valence electrons. The van der Waals surface area contributed by atoms with Crippen LogP contribution in [-0.2, 0) is 6.54 Å². The Hall–Kier alpha value is -3.13. The van der Waals surface area contributed by atoms with Crippen LogP contribution in [0.15, 0.2) is 36.4 Å². The van der Waals surface area contributed by atoms with Gasteiger partial charge in [0.1, 0.15) is 11.5 Å². The summed E-state index contributed by atoms with van der Waals surface area (Å²) >= 11 is 0. The van der Waals surface area contributed by atoms with Gasteiger partial charge in [0.25, 0.3) is 5.91 Å². The number of aromatic nitrogens is 1. The van der Waals surface area contributed by atoms with Gasteiger partial charge in [0, 0.05) is 24.0 Å². The van der Waals surface area contributed by atoms with Gasteiger partial charge in [0.15, 0.2) is 0 Å². The van der Waals surface area contributed by atoms with Gasteiger partial charge in [-0.1, -0.05) is 12.1 Å². The van der Waals surface area contributed by atoms with Crippen LogP contribution in [0.3, 0.4) is 0 Å². The van der Waals surface area contributed by atoms with Crippen LogP contribution in [0.1, 0.15) is 28.0 Å². The number of nitrogens with one attached hydrogen (secondary N) is 1. The molecule has 0 fully saturated rings. The third-order valence-electron chi connectivity index (χ3n) is 4.75. The molecular weight excluding hydrogens is 317 g/mol. The molecule has 1 N–H and O–H groups in total. The monoisotopic (exact) mass is 333 g/mol. The lowest BCUT2D eigenvalue weighted by Crippen LogP contribution is -2.23. The molecule has 0 atom stereocenters. The maximum absolute atomic E-state index is 13.3. The summed E-state index contributed by atoms with van der Waals surface area (Å²) in [5.74, 6) is -0.393. The van der Waals surface area contributed by atoms with E-state index in [2.05, 4.69) is 11.4 Å². The van der Waals surface area contributed by atoms with Crippen molar-refractivity contribution in [2.45, 2.75) is 19.9 Å². The Morgan fingerprint density at radius 2 is 2.00 bits per heavy atom. The van der Waals surface area contributed by atoms with Crippen LogP contribution in [0.25, 0.3) is 22.0 Å². The van der Waals surface area contributed by atoms with Crippen molar-refractivity contribution in [2.75, 3.05) is 6.54 Å². The number of benzene rings is 2. The summed E-state index contributed by atoms with van der Waals surface area (Å²) in [4.78, 5) is 12.5. The third-order valence-corrected chi connectivity index (χ3v) is 4.75. The number of rotatable bonds is 1. The highest BCUT2D eigenvalue weighted by Crippen LogP contribution is 2.36. The molecular formula is C20H16FN3O. The molecule has 25 heavy (non-hydrogen) atoms. The molecule has 1 amide bonds. The van der Waals surface area contributed by atoms with Crippen LogP contribution in [0.2, 0.25) is 0 Å². The van der Waals surface area contributed by atoms with E-state index in [1.165, 1.54) is 12.1 Å². The molecule has 0 aliphatic carbocycles. The Balaban J connectivity index is 2.11. The number of carbonyl (C=O) groups excluding carboxylic acids is 1. The zero-order valence-corrected chi connectivity index (χ0v) is 13.8. The summed E-state index contributed by atoms with van der Waals surface area (Å²) in [6.07, 6.45) is 0.838. The first kappa shape index (κ1) is 15.4. The van der Waals surface area contributed by atoms with Gasteiger partial charge in [0.05, 0.1) is 17.1 Å². The molecule has 0 unspecified atom stereocenters. The Morgan fingerprint density at radius 1 is 1.24 bits per heavy atom. The predicted octanol–water partition coefficient (Wildman–Crippen LogP) is 3.76. The molecule has 0 spiro atoms. The fourth-order valence-corrected chi connectivity index (χ4v) is 3.61. The minimum atomic E-state index is -0.305. The van der Waals surface area contributed by atoms with E-state index >= 15 is 0 Å². The van der Waals surface area contributed by atoms with E-state index in [9.17, 15) is 14.4 Å². The Morgan fingerprint density at radius 3 is 2.72 bits per heavy atom. The summed E-state index contributed by atoms with van der Waals surface area (Å²) in [5.41, 5.74) is 4.64. The molecule has 2 heterocycles. The van der Waals surface area contributed by atoms with E-state index in [1.807, 2.05) is 23.6 Å². The van der Waals surface area contributed by atoms with Crippen molar-refractivity contribution in [2.24, 2.45) is 0 Å². The minimum Gasteiger partial charge on any atom is -0.351 e. The fraction of sp³-hybridized carbons (Fsp3) is 0.200. The molecule has 1 aromatic heterocycles. The molecule has 0 saturated heterocycles. The first-order chi connectivity index (χ1) is 12.1. The lowest BCUT2D eigenvalue weighted by molar-refractivity contribution is 0.0951. The molecule has 3 aromatic rings. The number of hydrogen-bond donors (Lipinski definition) is 1. The summed E-state index contributed by atoms with van der Waals surface area (Å²) in [5, 5.41) is 13.2. The van der Waals surface area contributed by atoms with E-state index in [0.717, 1.165) is 40.6 Å². The minimum absolute atomic E-state index is 0.0882. The molecule has 1 aliphatic heterocycles. The smallest absolute Gasteiger partial charge is 0.268 e. The van der Waals surface area contributed by atoms with Gasteiger partial charge in [-0.15, -0.1) is 0 Å². The van der Waals surface area contributed by atoms with Gasteiger partial charge in [-0.25, -0.2) is 4.39 Å². The first-order valence-electron chi connectivity index (χ1n) is 8.21. The second-order valence-corrected chi connectivity index (χ2v) is 6.27. The van der Waals surface area contributed by atoms with Crippen molar-refractivity contribution in [1.82, 2.24) is 9.88 Å². The predicted molar refractivity (Wildman–Crippen MR) is 93.7 cm³/mol. The zero-order chi connectivity index (χ0) is 17.6. The number of nitriles is 1.